The highest BCUT2D eigenvalue weighted by atomic mass is 16.2. The number of nitrogens with zero attached hydrogens (tertiary/aromatic N) is 3. The summed E-state index contributed by atoms with van der Waals surface area (Å²) in [7, 11) is 0. The quantitative estimate of drug-likeness (QED) is 0.711. The van der Waals surface area contributed by atoms with Gasteiger partial charge in [-0.3, -0.25) is 19.1 Å². The van der Waals surface area contributed by atoms with Crippen LogP contribution in [-0.2, 0) is 6.54 Å². The van der Waals surface area contributed by atoms with Crippen molar-refractivity contribution in [1.82, 2.24) is 9.78 Å². The van der Waals surface area contributed by atoms with Gasteiger partial charge < -0.3 is 5.32 Å². The van der Waals surface area contributed by atoms with Gasteiger partial charge in [0.2, 0.25) is 0 Å². The number of imide groups is 1. The van der Waals surface area contributed by atoms with Crippen molar-refractivity contribution in [1.29, 1.82) is 0 Å². The predicted molar refractivity (Wildman–Crippen MR) is 105 cm³/mol. The number of amides is 3. The van der Waals surface area contributed by atoms with Crippen molar-refractivity contribution in [3.8, 4) is 0 Å². The molecule has 140 valence electrons. The molecule has 1 aliphatic rings. The maximum Gasteiger partial charge on any atom is 0.266 e. The van der Waals surface area contributed by atoms with E-state index in [-0.39, 0.29) is 5.91 Å². The minimum Gasteiger partial charge on any atom is -0.319 e. The van der Waals surface area contributed by atoms with Crippen LogP contribution in [0, 0.1) is 6.92 Å². The van der Waals surface area contributed by atoms with E-state index in [9.17, 15) is 14.4 Å². The van der Waals surface area contributed by atoms with Crippen LogP contribution in [0.25, 0.3) is 0 Å². The van der Waals surface area contributed by atoms with Gasteiger partial charge in [0.25, 0.3) is 17.7 Å². The first-order chi connectivity index (χ1) is 13.5. The average molecular weight is 374 g/mol. The van der Waals surface area contributed by atoms with E-state index >= 15 is 0 Å². The lowest BCUT2D eigenvalue weighted by Crippen LogP contribution is -2.29. The van der Waals surface area contributed by atoms with Crippen LogP contribution < -0.4 is 10.2 Å². The molecule has 2 aromatic carbocycles. The molecule has 28 heavy (non-hydrogen) atoms. The van der Waals surface area contributed by atoms with Crippen molar-refractivity contribution in [3.63, 3.8) is 0 Å². The van der Waals surface area contributed by atoms with E-state index in [4.69, 9.17) is 0 Å². The largest absolute Gasteiger partial charge is 0.319 e. The highest BCUT2D eigenvalue weighted by Crippen LogP contribution is 2.29. The molecule has 7 nitrogen and oxygen atoms in total. The topological polar surface area (TPSA) is 84.3 Å². The number of fused-ring (bicyclic) bond motifs is 1. The Bertz CT molecular complexity index is 1080. The van der Waals surface area contributed by atoms with Crippen molar-refractivity contribution in [2.24, 2.45) is 0 Å². The predicted octanol–water partition coefficient (Wildman–Crippen LogP) is 3.26. The highest BCUT2D eigenvalue weighted by molar-refractivity contribution is 6.34. The van der Waals surface area contributed by atoms with Crippen molar-refractivity contribution in [2.75, 3.05) is 10.2 Å². The van der Waals surface area contributed by atoms with Gasteiger partial charge in [-0.2, -0.15) is 5.10 Å². The van der Waals surface area contributed by atoms with E-state index in [1.807, 2.05) is 13.8 Å². The molecule has 0 fully saturated rings. The Balaban J connectivity index is 1.62. The van der Waals surface area contributed by atoms with E-state index in [0.717, 1.165) is 10.6 Å². The van der Waals surface area contributed by atoms with Gasteiger partial charge in [0.15, 0.2) is 0 Å². The summed E-state index contributed by atoms with van der Waals surface area (Å²) in [6.07, 6.45) is 1.60. The number of carbonyl (C=O) groups excluding carboxylic acids is 3. The number of anilines is 2. The molecule has 0 atom stereocenters. The normalized spacial score (nSPS) is 13.0. The monoisotopic (exact) mass is 374 g/mol. The molecule has 2 heterocycles. The summed E-state index contributed by atoms with van der Waals surface area (Å²) in [5.41, 5.74) is 2.91. The zero-order valence-electron chi connectivity index (χ0n) is 15.5. The smallest absolute Gasteiger partial charge is 0.266 e. The van der Waals surface area contributed by atoms with E-state index < -0.39 is 11.8 Å². The van der Waals surface area contributed by atoms with E-state index in [1.165, 1.54) is 6.07 Å². The molecule has 4 rings (SSSR count). The average Bonchev–Trinajstić information content (AvgIpc) is 3.19. The zero-order chi connectivity index (χ0) is 19.8. The van der Waals surface area contributed by atoms with Crippen LogP contribution in [0.2, 0.25) is 0 Å². The molecule has 0 radical (unpaired) electrons. The third-order valence-corrected chi connectivity index (χ3v) is 4.81. The Hall–Kier alpha value is -3.74. The van der Waals surface area contributed by atoms with Crippen molar-refractivity contribution in [3.05, 3.63) is 77.1 Å². The van der Waals surface area contributed by atoms with Crippen LogP contribution in [0.1, 0.15) is 43.7 Å². The molecule has 1 aliphatic heterocycles. The van der Waals surface area contributed by atoms with Gasteiger partial charge in [-0.1, -0.05) is 18.2 Å². The Morgan fingerprint density at radius 1 is 1.04 bits per heavy atom. The molecular weight excluding hydrogens is 356 g/mol. The summed E-state index contributed by atoms with van der Waals surface area (Å²) in [5, 5.41) is 7.04. The van der Waals surface area contributed by atoms with Crippen LogP contribution in [0.5, 0.6) is 0 Å². The van der Waals surface area contributed by atoms with Crippen LogP contribution in [0.15, 0.2) is 54.7 Å². The van der Waals surface area contributed by atoms with Gasteiger partial charge in [-0.05, 0) is 44.2 Å². The van der Waals surface area contributed by atoms with E-state index in [0.29, 0.717) is 34.6 Å². The minimum absolute atomic E-state index is 0.336. The van der Waals surface area contributed by atoms with E-state index in [1.54, 1.807) is 53.3 Å². The number of hydrogen-bond donors (Lipinski definition) is 1. The SMILES string of the molecule is CCn1ncc(NC(=O)c2cccc(N3C(=O)c4ccccc4C3=O)c2)c1C. The standard InChI is InChI=1S/C21H18N4O3/c1-3-24-13(2)18(12-22-24)23-19(26)14-7-6-8-15(11-14)25-20(27)16-9-4-5-10-17(16)21(25)28/h4-12H,3H2,1-2H3,(H,23,26). The lowest BCUT2D eigenvalue weighted by Gasteiger charge is -2.15. The second-order valence-electron chi connectivity index (χ2n) is 6.46. The van der Waals surface area contributed by atoms with Crippen LogP contribution in [0.3, 0.4) is 0 Å². The number of aryl methyl sites for hydroxylation is 1. The maximum atomic E-state index is 12.7. The summed E-state index contributed by atoms with van der Waals surface area (Å²) in [6.45, 7) is 4.55. The first kappa shape index (κ1) is 17.7. The Morgan fingerprint density at radius 2 is 1.71 bits per heavy atom. The first-order valence-electron chi connectivity index (χ1n) is 8.93. The Kier molecular flexibility index (Phi) is 4.27. The van der Waals surface area contributed by atoms with Crippen molar-refractivity contribution < 1.29 is 14.4 Å². The fourth-order valence-corrected chi connectivity index (χ4v) is 3.29. The number of hydrogen-bond acceptors (Lipinski definition) is 4. The van der Waals surface area contributed by atoms with E-state index in [2.05, 4.69) is 10.4 Å². The van der Waals surface area contributed by atoms with Gasteiger partial charge in [0.05, 0.1) is 34.4 Å². The molecule has 1 N–H and O–H groups in total. The van der Waals surface area contributed by atoms with Crippen LogP contribution in [0.4, 0.5) is 11.4 Å². The van der Waals surface area contributed by atoms with Crippen LogP contribution in [-0.4, -0.2) is 27.5 Å². The Labute approximate surface area is 161 Å². The lowest BCUT2D eigenvalue weighted by molar-refractivity contribution is 0.0924. The number of aromatic nitrogens is 2. The second kappa shape index (κ2) is 6.77. The molecule has 0 spiro atoms. The molecule has 1 aromatic heterocycles. The third-order valence-electron chi connectivity index (χ3n) is 4.81. The summed E-state index contributed by atoms with van der Waals surface area (Å²) < 4.78 is 1.78. The Morgan fingerprint density at radius 3 is 2.32 bits per heavy atom. The number of rotatable bonds is 4. The molecule has 0 saturated heterocycles. The maximum absolute atomic E-state index is 12.7. The molecule has 0 aliphatic carbocycles. The number of benzene rings is 2. The van der Waals surface area contributed by atoms with Crippen LogP contribution >= 0.6 is 0 Å². The zero-order valence-corrected chi connectivity index (χ0v) is 15.5. The second-order valence-corrected chi connectivity index (χ2v) is 6.46. The van der Waals surface area contributed by atoms with Gasteiger partial charge in [-0.25, -0.2) is 4.90 Å². The highest BCUT2D eigenvalue weighted by Gasteiger charge is 2.36. The summed E-state index contributed by atoms with van der Waals surface area (Å²) in [6, 6.07) is 13.1. The summed E-state index contributed by atoms with van der Waals surface area (Å²) >= 11 is 0. The molecule has 3 aromatic rings. The van der Waals surface area contributed by atoms with Gasteiger partial charge in [-0.15, -0.1) is 0 Å². The lowest BCUT2D eigenvalue weighted by atomic mass is 10.1. The van der Waals surface area contributed by atoms with Gasteiger partial charge in [0, 0.05) is 12.1 Å². The fraction of sp³-hybridized carbons (Fsp3) is 0.143. The van der Waals surface area contributed by atoms with Gasteiger partial charge in [0.1, 0.15) is 0 Å². The van der Waals surface area contributed by atoms with Gasteiger partial charge >= 0.3 is 0 Å². The third kappa shape index (κ3) is 2.77. The molecule has 7 heteroatoms. The van der Waals surface area contributed by atoms with Crippen molar-refractivity contribution in [2.45, 2.75) is 20.4 Å². The fourth-order valence-electron chi connectivity index (χ4n) is 3.29. The first-order valence-corrected chi connectivity index (χ1v) is 8.93. The molecule has 0 unspecified atom stereocenters. The summed E-state index contributed by atoms with van der Waals surface area (Å²) in [5.74, 6) is -1.12. The molecule has 0 saturated carbocycles. The number of carbonyl (C=O) groups is 3. The minimum atomic E-state index is -0.391. The summed E-state index contributed by atoms with van der Waals surface area (Å²) in [4.78, 5) is 39.1. The molecular formula is C21H18N4O3. The molecule has 3 amide bonds. The number of nitrogens with one attached hydrogen (secondary N) is 1. The molecule has 0 bridgehead atoms. The van der Waals surface area contributed by atoms with Crippen molar-refractivity contribution >= 4 is 29.1 Å².